The number of hydrogen-bond acceptors (Lipinski definition) is 6. The minimum absolute atomic E-state index is 0.0317. The largest absolute Gasteiger partial charge is 0.465 e. The summed E-state index contributed by atoms with van der Waals surface area (Å²) in [4.78, 5) is 39.7. The minimum Gasteiger partial charge on any atom is -0.465 e. The molecule has 0 aliphatic heterocycles. The molecular formula is C17H16N2O5. The third-order valence-corrected chi connectivity index (χ3v) is 3.19. The van der Waals surface area contributed by atoms with E-state index in [1.54, 1.807) is 24.4 Å². The number of ether oxygens (including phenoxy) is 2. The van der Waals surface area contributed by atoms with Crippen molar-refractivity contribution >= 4 is 23.5 Å². The van der Waals surface area contributed by atoms with E-state index in [0.717, 1.165) is 0 Å². The third kappa shape index (κ3) is 4.16. The van der Waals surface area contributed by atoms with Crippen molar-refractivity contribution in [3.05, 3.63) is 59.4 Å². The lowest BCUT2D eigenvalue weighted by Crippen LogP contribution is -2.18. The van der Waals surface area contributed by atoms with E-state index in [0.29, 0.717) is 5.69 Å². The van der Waals surface area contributed by atoms with Gasteiger partial charge in [-0.25, -0.2) is 9.59 Å². The quantitative estimate of drug-likeness (QED) is 0.842. The van der Waals surface area contributed by atoms with Gasteiger partial charge in [-0.2, -0.15) is 0 Å². The smallest absolute Gasteiger partial charge is 0.339 e. The number of nitrogens with zero attached hydrogens (tertiary/aromatic N) is 1. The first kappa shape index (κ1) is 17.1. The third-order valence-electron chi connectivity index (χ3n) is 3.19. The SMILES string of the molecule is COC(=O)c1ccc(C(=O)OC)c(NC(=O)Cc2ccccn2)c1. The van der Waals surface area contributed by atoms with Crippen molar-refractivity contribution in [1.29, 1.82) is 0 Å². The zero-order valence-corrected chi connectivity index (χ0v) is 13.2. The van der Waals surface area contributed by atoms with Gasteiger partial charge in [0.2, 0.25) is 5.91 Å². The molecule has 2 rings (SSSR count). The molecule has 0 fully saturated rings. The Balaban J connectivity index is 2.26. The molecule has 0 aliphatic carbocycles. The maximum atomic E-state index is 12.2. The Bertz CT molecular complexity index is 759. The van der Waals surface area contributed by atoms with Crippen molar-refractivity contribution in [2.24, 2.45) is 0 Å². The Labute approximate surface area is 138 Å². The molecule has 24 heavy (non-hydrogen) atoms. The van der Waals surface area contributed by atoms with Crippen molar-refractivity contribution in [2.75, 3.05) is 19.5 Å². The average Bonchev–Trinajstić information content (AvgIpc) is 2.61. The molecule has 1 amide bonds. The maximum absolute atomic E-state index is 12.2. The van der Waals surface area contributed by atoms with Crippen LogP contribution in [0.5, 0.6) is 0 Å². The van der Waals surface area contributed by atoms with E-state index in [1.165, 1.54) is 32.4 Å². The monoisotopic (exact) mass is 328 g/mol. The number of methoxy groups -OCH3 is 2. The number of amides is 1. The number of benzene rings is 1. The number of carbonyl (C=O) groups is 3. The topological polar surface area (TPSA) is 94.6 Å². The molecule has 0 spiro atoms. The standard InChI is InChI=1S/C17H16N2O5/c1-23-16(21)11-6-7-13(17(22)24-2)14(9-11)19-15(20)10-12-5-3-4-8-18-12/h3-9H,10H2,1-2H3,(H,19,20). The molecule has 2 aromatic rings. The predicted octanol–water partition coefficient (Wildman–Crippen LogP) is 1.84. The number of anilines is 1. The van der Waals surface area contributed by atoms with E-state index in [1.807, 2.05) is 0 Å². The van der Waals surface area contributed by atoms with Crippen molar-refractivity contribution < 1.29 is 23.9 Å². The molecule has 0 atom stereocenters. The Morgan fingerprint density at radius 2 is 1.79 bits per heavy atom. The minimum atomic E-state index is -0.625. The van der Waals surface area contributed by atoms with E-state index in [4.69, 9.17) is 0 Å². The van der Waals surface area contributed by atoms with Crippen LogP contribution < -0.4 is 5.32 Å². The molecule has 1 N–H and O–H groups in total. The molecule has 0 saturated carbocycles. The lowest BCUT2D eigenvalue weighted by molar-refractivity contribution is -0.115. The fraction of sp³-hybridized carbons (Fsp3) is 0.176. The second-order valence-corrected chi connectivity index (χ2v) is 4.79. The zero-order valence-electron chi connectivity index (χ0n) is 13.2. The molecule has 0 radical (unpaired) electrons. The summed E-state index contributed by atoms with van der Waals surface area (Å²) in [5.41, 5.74) is 1.10. The highest BCUT2D eigenvalue weighted by atomic mass is 16.5. The second kappa shape index (κ2) is 7.87. The van der Waals surface area contributed by atoms with Crippen LogP contribution in [0.2, 0.25) is 0 Å². The Morgan fingerprint density at radius 3 is 2.42 bits per heavy atom. The highest BCUT2D eigenvalue weighted by Gasteiger charge is 2.17. The number of nitrogens with one attached hydrogen (secondary N) is 1. The molecule has 1 aromatic heterocycles. The van der Waals surface area contributed by atoms with Crippen LogP contribution in [-0.2, 0) is 20.7 Å². The van der Waals surface area contributed by atoms with E-state index in [2.05, 4.69) is 19.8 Å². The number of carbonyl (C=O) groups excluding carboxylic acids is 3. The van der Waals surface area contributed by atoms with Crippen molar-refractivity contribution in [3.8, 4) is 0 Å². The van der Waals surface area contributed by atoms with Gasteiger partial charge >= 0.3 is 11.9 Å². The van der Waals surface area contributed by atoms with E-state index < -0.39 is 11.9 Å². The number of aromatic nitrogens is 1. The van der Waals surface area contributed by atoms with Gasteiger partial charge in [0.15, 0.2) is 0 Å². The number of esters is 2. The van der Waals surface area contributed by atoms with Crippen LogP contribution >= 0.6 is 0 Å². The van der Waals surface area contributed by atoms with Gasteiger partial charge < -0.3 is 14.8 Å². The lowest BCUT2D eigenvalue weighted by atomic mass is 10.1. The first-order valence-corrected chi connectivity index (χ1v) is 7.05. The van der Waals surface area contributed by atoms with Crippen LogP contribution in [0.1, 0.15) is 26.4 Å². The van der Waals surface area contributed by atoms with Crippen LogP contribution in [0.4, 0.5) is 5.69 Å². The molecule has 0 aliphatic rings. The second-order valence-electron chi connectivity index (χ2n) is 4.79. The Morgan fingerprint density at radius 1 is 1.04 bits per heavy atom. The molecule has 0 saturated heterocycles. The Kier molecular flexibility index (Phi) is 5.62. The summed E-state index contributed by atoms with van der Waals surface area (Å²) in [7, 11) is 2.48. The van der Waals surface area contributed by atoms with Gasteiger partial charge in [-0.3, -0.25) is 9.78 Å². The average molecular weight is 328 g/mol. The summed E-state index contributed by atoms with van der Waals surface area (Å²) in [6.45, 7) is 0. The summed E-state index contributed by atoms with van der Waals surface area (Å²) in [6, 6.07) is 9.42. The zero-order chi connectivity index (χ0) is 17.5. The maximum Gasteiger partial charge on any atom is 0.339 e. The fourth-order valence-corrected chi connectivity index (χ4v) is 2.04. The van der Waals surface area contributed by atoms with Crippen LogP contribution in [0.15, 0.2) is 42.6 Å². The van der Waals surface area contributed by atoms with E-state index in [-0.39, 0.29) is 29.1 Å². The fourth-order valence-electron chi connectivity index (χ4n) is 2.04. The normalized spacial score (nSPS) is 9.92. The predicted molar refractivity (Wildman–Crippen MR) is 85.7 cm³/mol. The molecule has 0 bridgehead atoms. The summed E-state index contributed by atoms with van der Waals surface area (Å²) in [6.07, 6.45) is 1.62. The highest BCUT2D eigenvalue weighted by Crippen LogP contribution is 2.20. The van der Waals surface area contributed by atoms with Gasteiger partial charge in [0, 0.05) is 11.9 Å². The number of pyridine rings is 1. The van der Waals surface area contributed by atoms with Crippen molar-refractivity contribution in [1.82, 2.24) is 4.98 Å². The number of hydrogen-bond donors (Lipinski definition) is 1. The summed E-state index contributed by atoms with van der Waals surface area (Å²) < 4.78 is 9.33. The van der Waals surface area contributed by atoms with Crippen molar-refractivity contribution in [2.45, 2.75) is 6.42 Å². The first-order valence-electron chi connectivity index (χ1n) is 7.05. The van der Waals surface area contributed by atoms with Crippen molar-refractivity contribution in [3.63, 3.8) is 0 Å². The molecule has 0 unspecified atom stereocenters. The van der Waals surface area contributed by atoms with E-state index in [9.17, 15) is 14.4 Å². The van der Waals surface area contributed by atoms with Gasteiger partial charge in [-0.05, 0) is 30.3 Å². The molecule has 7 nitrogen and oxygen atoms in total. The summed E-state index contributed by atoms with van der Waals surface area (Å²) in [5, 5.41) is 2.61. The Hall–Kier alpha value is -3.22. The summed E-state index contributed by atoms with van der Waals surface area (Å²) >= 11 is 0. The summed E-state index contributed by atoms with van der Waals surface area (Å²) in [5.74, 6) is -1.58. The van der Waals surface area contributed by atoms with Crippen LogP contribution in [-0.4, -0.2) is 37.0 Å². The van der Waals surface area contributed by atoms with Crippen LogP contribution in [0.25, 0.3) is 0 Å². The molecule has 1 aromatic carbocycles. The van der Waals surface area contributed by atoms with Gasteiger partial charge in [0.05, 0.1) is 37.5 Å². The molecule has 124 valence electrons. The molecule has 7 heteroatoms. The van der Waals surface area contributed by atoms with Gasteiger partial charge in [0.25, 0.3) is 0 Å². The molecule has 1 heterocycles. The first-order chi connectivity index (χ1) is 11.5. The highest BCUT2D eigenvalue weighted by molar-refractivity contribution is 6.03. The van der Waals surface area contributed by atoms with Gasteiger partial charge in [-0.15, -0.1) is 0 Å². The van der Waals surface area contributed by atoms with Gasteiger partial charge in [0.1, 0.15) is 0 Å². The van der Waals surface area contributed by atoms with E-state index >= 15 is 0 Å². The lowest BCUT2D eigenvalue weighted by Gasteiger charge is -2.11. The number of rotatable bonds is 5. The van der Waals surface area contributed by atoms with Gasteiger partial charge in [-0.1, -0.05) is 6.07 Å². The van der Waals surface area contributed by atoms with Crippen LogP contribution in [0.3, 0.4) is 0 Å². The molecular weight excluding hydrogens is 312 g/mol. The van der Waals surface area contributed by atoms with Crippen LogP contribution in [0, 0.1) is 0 Å².